The zero-order chi connectivity index (χ0) is 11.8. The highest BCUT2D eigenvalue weighted by Gasteiger charge is 2.23. The van der Waals surface area contributed by atoms with Crippen LogP contribution in [0.2, 0.25) is 0 Å². The lowest BCUT2D eigenvalue weighted by Gasteiger charge is -2.19. The second-order valence-electron chi connectivity index (χ2n) is 4.04. The third kappa shape index (κ3) is 2.23. The number of aromatic nitrogens is 1. The van der Waals surface area contributed by atoms with Crippen molar-refractivity contribution in [3.63, 3.8) is 0 Å². The molecule has 16 heavy (non-hydrogen) atoms. The van der Waals surface area contributed by atoms with E-state index in [-0.39, 0.29) is 5.03 Å². The van der Waals surface area contributed by atoms with Gasteiger partial charge in [-0.15, -0.1) is 0 Å². The minimum Gasteiger partial charge on any atom is -0.299 e. The van der Waals surface area contributed by atoms with E-state index in [2.05, 4.69) is 9.88 Å². The largest absolute Gasteiger partial charge is 0.312 e. The predicted octanol–water partition coefficient (Wildman–Crippen LogP) is 1.09. The van der Waals surface area contributed by atoms with Crippen molar-refractivity contribution in [2.45, 2.75) is 23.9 Å². The van der Waals surface area contributed by atoms with Crippen molar-refractivity contribution in [3.05, 3.63) is 23.9 Å². The fourth-order valence-electron chi connectivity index (χ4n) is 2.07. The van der Waals surface area contributed by atoms with Gasteiger partial charge >= 0.3 is 10.1 Å². The van der Waals surface area contributed by atoms with E-state index in [0.29, 0.717) is 6.04 Å². The Morgan fingerprint density at radius 3 is 2.69 bits per heavy atom. The first-order valence-corrected chi connectivity index (χ1v) is 6.56. The van der Waals surface area contributed by atoms with Crippen LogP contribution in [0.5, 0.6) is 0 Å². The molecule has 5 nitrogen and oxygen atoms in total. The molecule has 1 N–H and O–H groups in total. The number of pyridine rings is 1. The smallest absolute Gasteiger partial charge is 0.299 e. The molecule has 1 aliphatic heterocycles. The van der Waals surface area contributed by atoms with Gasteiger partial charge in [-0.1, -0.05) is 6.07 Å². The molecule has 0 bridgehead atoms. The molecule has 0 aliphatic carbocycles. The lowest BCUT2D eigenvalue weighted by atomic mass is 10.1. The Kier molecular flexibility index (Phi) is 2.96. The van der Waals surface area contributed by atoms with Gasteiger partial charge in [-0.05, 0) is 38.1 Å². The number of rotatable bonds is 2. The number of hydrogen-bond donors (Lipinski definition) is 1. The minimum absolute atomic E-state index is 0.295. The third-order valence-corrected chi connectivity index (χ3v) is 3.70. The van der Waals surface area contributed by atoms with Crippen molar-refractivity contribution < 1.29 is 13.0 Å². The van der Waals surface area contributed by atoms with E-state index in [1.54, 1.807) is 6.07 Å². The monoisotopic (exact) mass is 242 g/mol. The summed E-state index contributed by atoms with van der Waals surface area (Å²) in [7, 11) is -2.15. The van der Waals surface area contributed by atoms with Crippen molar-refractivity contribution in [3.8, 4) is 0 Å². The molecular formula is C10H14N2O3S. The van der Waals surface area contributed by atoms with Crippen molar-refractivity contribution in [1.29, 1.82) is 0 Å². The maximum atomic E-state index is 10.8. The van der Waals surface area contributed by atoms with Crippen LogP contribution in [-0.2, 0) is 10.1 Å². The van der Waals surface area contributed by atoms with Crippen LogP contribution in [-0.4, -0.2) is 36.4 Å². The van der Waals surface area contributed by atoms with Crippen LogP contribution in [0.3, 0.4) is 0 Å². The van der Waals surface area contributed by atoms with Gasteiger partial charge in [0.15, 0.2) is 5.03 Å². The summed E-state index contributed by atoms with van der Waals surface area (Å²) in [4.78, 5) is 5.98. The van der Waals surface area contributed by atoms with Crippen molar-refractivity contribution in [1.82, 2.24) is 9.88 Å². The molecule has 1 saturated heterocycles. The first kappa shape index (κ1) is 11.5. The predicted molar refractivity (Wildman–Crippen MR) is 58.7 cm³/mol. The SMILES string of the molecule is CN1CCCC1c1ccc(S(=O)(=O)O)nc1. The Morgan fingerprint density at radius 1 is 1.50 bits per heavy atom. The molecule has 2 rings (SSSR count). The van der Waals surface area contributed by atoms with Crippen molar-refractivity contribution in [2.75, 3.05) is 13.6 Å². The molecule has 1 aliphatic rings. The quantitative estimate of drug-likeness (QED) is 0.786. The van der Waals surface area contributed by atoms with Gasteiger partial charge < -0.3 is 0 Å². The summed E-state index contributed by atoms with van der Waals surface area (Å²) in [5, 5.41) is -0.295. The molecule has 0 spiro atoms. The second kappa shape index (κ2) is 4.12. The van der Waals surface area contributed by atoms with E-state index in [9.17, 15) is 8.42 Å². The van der Waals surface area contributed by atoms with Gasteiger partial charge in [0, 0.05) is 12.2 Å². The Labute approximate surface area is 94.9 Å². The highest BCUT2D eigenvalue weighted by atomic mass is 32.2. The summed E-state index contributed by atoms with van der Waals surface area (Å²) in [6, 6.07) is 3.36. The van der Waals surface area contributed by atoms with Gasteiger partial charge in [-0.25, -0.2) is 4.98 Å². The molecule has 1 aromatic rings. The molecular weight excluding hydrogens is 228 g/mol. The molecule has 2 heterocycles. The van der Waals surface area contributed by atoms with Gasteiger partial charge in [-0.2, -0.15) is 8.42 Å². The standard InChI is InChI=1S/C10H14N2O3S/c1-12-6-2-3-9(12)8-4-5-10(11-7-8)16(13,14)15/h4-5,7,9H,2-3,6H2,1H3,(H,13,14,15). The highest BCUT2D eigenvalue weighted by Crippen LogP contribution is 2.29. The number of likely N-dealkylation sites (tertiary alicyclic amines) is 1. The van der Waals surface area contributed by atoms with E-state index in [1.165, 1.54) is 12.3 Å². The molecule has 1 fully saturated rings. The lowest BCUT2D eigenvalue weighted by molar-refractivity contribution is 0.316. The highest BCUT2D eigenvalue weighted by molar-refractivity contribution is 7.85. The second-order valence-corrected chi connectivity index (χ2v) is 5.41. The van der Waals surface area contributed by atoms with Crippen LogP contribution in [0.4, 0.5) is 0 Å². The molecule has 1 aromatic heterocycles. The third-order valence-electron chi connectivity index (χ3n) is 2.93. The average Bonchev–Trinajstić information content (AvgIpc) is 2.63. The van der Waals surface area contributed by atoms with Gasteiger partial charge in [-0.3, -0.25) is 9.45 Å². The van der Waals surface area contributed by atoms with Crippen LogP contribution in [0.1, 0.15) is 24.4 Å². The van der Waals surface area contributed by atoms with E-state index in [0.717, 1.165) is 24.9 Å². The fraction of sp³-hybridized carbons (Fsp3) is 0.500. The van der Waals surface area contributed by atoms with Gasteiger partial charge in [0.25, 0.3) is 0 Å². The van der Waals surface area contributed by atoms with E-state index in [4.69, 9.17) is 4.55 Å². The number of nitrogens with zero attached hydrogens (tertiary/aromatic N) is 2. The molecule has 88 valence electrons. The zero-order valence-electron chi connectivity index (χ0n) is 9.00. The zero-order valence-corrected chi connectivity index (χ0v) is 9.81. The van der Waals surface area contributed by atoms with Crippen LogP contribution in [0.15, 0.2) is 23.4 Å². The summed E-state index contributed by atoms with van der Waals surface area (Å²) in [5.41, 5.74) is 0.993. The maximum Gasteiger partial charge on any atom is 0.312 e. The molecule has 0 amide bonds. The molecule has 1 unspecified atom stereocenters. The lowest BCUT2D eigenvalue weighted by Crippen LogP contribution is -2.17. The summed E-state index contributed by atoms with van der Waals surface area (Å²) >= 11 is 0. The van der Waals surface area contributed by atoms with Gasteiger partial charge in [0.1, 0.15) is 0 Å². The van der Waals surface area contributed by atoms with Crippen LogP contribution in [0, 0.1) is 0 Å². The van der Waals surface area contributed by atoms with Crippen molar-refractivity contribution >= 4 is 10.1 Å². The maximum absolute atomic E-state index is 10.8. The Hall–Kier alpha value is -0.980. The van der Waals surface area contributed by atoms with Crippen LogP contribution < -0.4 is 0 Å². The molecule has 1 atom stereocenters. The number of hydrogen-bond acceptors (Lipinski definition) is 4. The average molecular weight is 242 g/mol. The molecule has 6 heteroatoms. The summed E-state index contributed by atoms with van der Waals surface area (Å²) in [6.45, 7) is 1.05. The van der Waals surface area contributed by atoms with Gasteiger partial charge in [0.05, 0.1) is 0 Å². The molecule has 0 saturated carbocycles. The topological polar surface area (TPSA) is 70.5 Å². The summed E-state index contributed by atoms with van der Waals surface area (Å²) in [6.07, 6.45) is 3.72. The first-order chi connectivity index (χ1) is 7.48. The van der Waals surface area contributed by atoms with Crippen molar-refractivity contribution in [2.24, 2.45) is 0 Å². The Balaban J connectivity index is 2.26. The Bertz CT molecular complexity index is 469. The molecule has 0 radical (unpaired) electrons. The summed E-state index contributed by atoms with van der Waals surface area (Å²) in [5.74, 6) is 0. The Morgan fingerprint density at radius 2 is 2.25 bits per heavy atom. The van der Waals surface area contributed by atoms with E-state index in [1.807, 2.05) is 7.05 Å². The van der Waals surface area contributed by atoms with Gasteiger partial charge in [0.2, 0.25) is 0 Å². The summed E-state index contributed by atoms with van der Waals surface area (Å²) < 4.78 is 30.4. The van der Waals surface area contributed by atoms with Crippen LogP contribution in [0.25, 0.3) is 0 Å². The normalized spacial score (nSPS) is 22.5. The molecule has 0 aromatic carbocycles. The van der Waals surface area contributed by atoms with Crippen LogP contribution >= 0.6 is 0 Å². The minimum atomic E-state index is -4.18. The first-order valence-electron chi connectivity index (χ1n) is 5.12. The van der Waals surface area contributed by atoms with E-state index < -0.39 is 10.1 Å². The van der Waals surface area contributed by atoms with E-state index >= 15 is 0 Å². The fourth-order valence-corrected chi connectivity index (χ4v) is 2.50.